The smallest absolute Gasteiger partial charge is 0.253 e. The van der Waals surface area contributed by atoms with Crippen LogP contribution in [0.4, 0.5) is 8.78 Å². The van der Waals surface area contributed by atoms with Gasteiger partial charge in [0, 0.05) is 29.5 Å². The highest BCUT2D eigenvalue weighted by Crippen LogP contribution is 2.23. The van der Waals surface area contributed by atoms with E-state index < -0.39 is 17.5 Å². The first-order valence-corrected chi connectivity index (χ1v) is 5.28. The Bertz CT molecular complexity index is 599. The summed E-state index contributed by atoms with van der Waals surface area (Å²) in [4.78, 5) is 11.8. The van der Waals surface area contributed by atoms with E-state index in [1.54, 1.807) is 6.07 Å². The summed E-state index contributed by atoms with van der Waals surface area (Å²) in [5.74, 6) is -1.84. The molecule has 5 heteroatoms. The largest absolute Gasteiger partial charge is 0.364 e. The minimum Gasteiger partial charge on any atom is -0.364 e. The third-order valence-electron chi connectivity index (χ3n) is 2.53. The lowest BCUT2D eigenvalue weighted by molar-refractivity contribution is 0.0874. The van der Waals surface area contributed by atoms with Crippen LogP contribution >= 0.6 is 0 Å². The molecule has 0 spiro atoms. The molecular weight excluding hydrogens is 240 g/mol. The molecule has 0 aromatic heterocycles. The minimum atomic E-state index is -0.716. The van der Waals surface area contributed by atoms with Crippen LogP contribution in [0.3, 0.4) is 0 Å². The predicted molar refractivity (Wildman–Crippen MR) is 63.2 cm³/mol. The van der Waals surface area contributed by atoms with E-state index in [4.69, 9.17) is 4.74 Å². The zero-order valence-corrected chi connectivity index (χ0v) is 9.67. The number of carbonyl (C=O) groups is 1. The molecule has 0 aliphatic carbocycles. The van der Waals surface area contributed by atoms with Crippen molar-refractivity contribution in [1.82, 2.24) is 5.32 Å². The van der Waals surface area contributed by atoms with Gasteiger partial charge in [0.1, 0.15) is 18.4 Å². The van der Waals surface area contributed by atoms with Crippen LogP contribution in [-0.4, -0.2) is 19.7 Å². The molecule has 0 atom stereocenters. The quantitative estimate of drug-likeness (QED) is 0.851. The molecular formula is C13H11F2NO2. The van der Waals surface area contributed by atoms with E-state index in [0.717, 1.165) is 12.1 Å². The molecule has 3 nitrogen and oxygen atoms in total. The lowest BCUT2D eigenvalue weighted by Gasteiger charge is -2.08. The van der Waals surface area contributed by atoms with Crippen molar-refractivity contribution < 1.29 is 18.3 Å². The van der Waals surface area contributed by atoms with Crippen LogP contribution in [0, 0.1) is 11.6 Å². The normalized spacial score (nSPS) is 10.6. The summed E-state index contributed by atoms with van der Waals surface area (Å²) >= 11 is 0. The zero-order chi connectivity index (χ0) is 13.1. The number of carbonyl (C=O) groups excluding carboxylic acids is 1. The summed E-state index contributed by atoms with van der Waals surface area (Å²) in [7, 11) is 1.43. The first-order valence-electron chi connectivity index (χ1n) is 5.28. The van der Waals surface area contributed by atoms with Gasteiger partial charge in [0.2, 0.25) is 0 Å². The second-order valence-corrected chi connectivity index (χ2v) is 3.73. The summed E-state index contributed by atoms with van der Waals surface area (Å²) in [6, 6.07) is 6.48. The Hall–Kier alpha value is -2.01. The Labute approximate surface area is 102 Å². The van der Waals surface area contributed by atoms with Gasteiger partial charge in [-0.2, -0.15) is 0 Å². The van der Waals surface area contributed by atoms with Crippen LogP contribution in [0.25, 0.3) is 10.8 Å². The average molecular weight is 251 g/mol. The summed E-state index contributed by atoms with van der Waals surface area (Å²) in [6.45, 7) is 0.0347. The van der Waals surface area contributed by atoms with E-state index in [1.807, 2.05) is 0 Å². The number of benzene rings is 2. The van der Waals surface area contributed by atoms with E-state index in [2.05, 4.69) is 5.32 Å². The van der Waals surface area contributed by atoms with Crippen molar-refractivity contribution in [2.45, 2.75) is 0 Å². The third kappa shape index (κ3) is 2.31. The van der Waals surface area contributed by atoms with E-state index in [0.29, 0.717) is 0 Å². The standard InChI is InChI=1S/C13H11F2NO2/c1-18-7-16-13(17)10-4-2-3-9-11(10)5-8(14)6-12(9)15/h2-6H,7H2,1H3,(H,16,17). The lowest BCUT2D eigenvalue weighted by Crippen LogP contribution is -2.25. The van der Waals surface area contributed by atoms with Crippen molar-refractivity contribution in [2.75, 3.05) is 13.8 Å². The average Bonchev–Trinajstić information content (AvgIpc) is 2.35. The molecule has 1 amide bonds. The maximum atomic E-state index is 13.5. The highest BCUT2D eigenvalue weighted by atomic mass is 19.1. The van der Waals surface area contributed by atoms with Crippen LogP contribution in [0.15, 0.2) is 30.3 Å². The molecule has 0 aliphatic rings. The van der Waals surface area contributed by atoms with E-state index >= 15 is 0 Å². The fourth-order valence-corrected chi connectivity index (χ4v) is 1.74. The van der Waals surface area contributed by atoms with Crippen molar-refractivity contribution in [2.24, 2.45) is 0 Å². The van der Waals surface area contributed by atoms with Gasteiger partial charge in [0.05, 0.1) is 0 Å². The fraction of sp³-hybridized carbons (Fsp3) is 0.154. The van der Waals surface area contributed by atoms with Crippen molar-refractivity contribution in [3.8, 4) is 0 Å². The molecule has 0 bridgehead atoms. The number of fused-ring (bicyclic) bond motifs is 1. The highest BCUT2D eigenvalue weighted by Gasteiger charge is 2.12. The summed E-state index contributed by atoms with van der Waals surface area (Å²) in [6.07, 6.45) is 0. The first-order chi connectivity index (χ1) is 8.63. The molecule has 2 rings (SSSR count). The summed E-state index contributed by atoms with van der Waals surface area (Å²) in [5.41, 5.74) is 0.211. The van der Waals surface area contributed by atoms with Gasteiger partial charge in [-0.15, -0.1) is 0 Å². The van der Waals surface area contributed by atoms with Gasteiger partial charge >= 0.3 is 0 Å². The zero-order valence-electron chi connectivity index (χ0n) is 9.67. The van der Waals surface area contributed by atoms with Crippen LogP contribution in [-0.2, 0) is 4.74 Å². The molecule has 18 heavy (non-hydrogen) atoms. The molecule has 1 N–H and O–H groups in total. The Morgan fingerprint density at radius 1 is 1.28 bits per heavy atom. The van der Waals surface area contributed by atoms with Crippen molar-refractivity contribution in [3.05, 3.63) is 47.5 Å². The Morgan fingerprint density at radius 3 is 2.78 bits per heavy atom. The summed E-state index contributed by atoms with van der Waals surface area (Å²) < 4.78 is 31.5. The molecule has 94 valence electrons. The second-order valence-electron chi connectivity index (χ2n) is 3.73. The van der Waals surface area contributed by atoms with Gasteiger partial charge in [0.25, 0.3) is 5.91 Å². The number of nitrogens with one attached hydrogen (secondary N) is 1. The number of methoxy groups -OCH3 is 1. The first kappa shape index (κ1) is 12.4. The van der Waals surface area contributed by atoms with Gasteiger partial charge in [-0.3, -0.25) is 4.79 Å². The fourth-order valence-electron chi connectivity index (χ4n) is 1.74. The maximum absolute atomic E-state index is 13.5. The number of ether oxygens (including phenoxy) is 1. The minimum absolute atomic E-state index is 0.0347. The molecule has 2 aromatic rings. The van der Waals surface area contributed by atoms with Crippen molar-refractivity contribution >= 4 is 16.7 Å². The maximum Gasteiger partial charge on any atom is 0.253 e. The van der Waals surface area contributed by atoms with Gasteiger partial charge in [-0.1, -0.05) is 12.1 Å². The second kappa shape index (κ2) is 5.10. The SMILES string of the molecule is COCNC(=O)c1cccc2c(F)cc(F)cc12. The van der Waals surface area contributed by atoms with Gasteiger partial charge in [0.15, 0.2) is 0 Å². The Morgan fingerprint density at radius 2 is 2.06 bits per heavy atom. The van der Waals surface area contributed by atoms with Crippen LogP contribution < -0.4 is 5.32 Å². The molecule has 0 aliphatic heterocycles. The van der Waals surface area contributed by atoms with E-state index in [9.17, 15) is 13.6 Å². The molecule has 0 unspecified atom stereocenters. The predicted octanol–water partition coefficient (Wildman–Crippen LogP) is 2.45. The molecule has 0 fully saturated rings. The van der Waals surface area contributed by atoms with Gasteiger partial charge < -0.3 is 10.1 Å². The highest BCUT2D eigenvalue weighted by molar-refractivity contribution is 6.07. The Kier molecular flexibility index (Phi) is 3.53. The van der Waals surface area contributed by atoms with Crippen molar-refractivity contribution in [1.29, 1.82) is 0 Å². The van der Waals surface area contributed by atoms with E-state index in [-0.39, 0.29) is 23.1 Å². The lowest BCUT2D eigenvalue weighted by atomic mass is 10.0. The van der Waals surface area contributed by atoms with Crippen LogP contribution in [0.1, 0.15) is 10.4 Å². The topological polar surface area (TPSA) is 38.3 Å². The number of hydrogen-bond donors (Lipinski definition) is 1. The van der Waals surface area contributed by atoms with Gasteiger partial charge in [-0.05, 0) is 12.1 Å². The molecule has 0 saturated heterocycles. The van der Waals surface area contributed by atoms with E-state index in [1.165, 1.54) is 19.2 Å². The summed E-state index contributed by atoms with van der Waals surface area (Å²) in [5, 5.41) is 2.92. The third-order valence-corrected chi connectivity index (χ3v) is 2.53. The number of amides is 1. The molecule has 2 aromatic carbocycles. The molecule has 0 heterocycles. The Balaban J connectivity index is 2.54. The monoisotopic (exact) mass is 251 g/mol. The number of hydrogen-bond acceptors (Lipinski definition) is 2. The number of rotatable bonds is 3. The van der Waals surface area contributed by atoms with Gasteiger partial charge in [-0.25, -0.2) is 8.78 Å². The molecule has 0 saturated carbocycles. The van der Waals surface area contributed by atoms with Crippen LogP contribution in [0.2, 0.25) is 0 Å². The number of halogens is 2. The van der Waals surface area contributed by atoms with Crippen molar-refractivity contribution in [3.63, 3.8) is 0 Å². The molecule has 0 radical (unpaired) electrons. The van der Waals surface area contributed by atoms with Crippen LogP contribution in [0.5, 0.6) is 0 Å².